The molecule has 0 aromatic carbocycles. The largest absolute Gasteiger partial charge is 0.381 e. The fraction of sp³-hybridized carbons (Fsp3) is 0.833. The molecule has 0 spiro atoms. The number of ether oxygens (including phenoxy) is 1. The summed E-state index contributed by atoms with van der Waals surface area (Å²) >= 11 is 0. The van der Waals surface area contributed by atoms with Crippen molar-refractivity contribution >= 4 is 0 Å². The molecule has 2 atom stereocenters. The van der Waals surface area contributed by atoms with Gasteiger partial charge in [0.25, 0.3) is 0 Å². The zero-order chi connectivity index (χ0) is 12.1. The molecule has 2 unspecified atom stereocenters. The second-order valence-corrected chi connectivity index (χ2v) is 4.69. The third-order valence-corrected chi connectivity index (χ3v) is 3.10. The fourth-order valence-corrected chi connectivity index (χ4v) is 2.00. The summed E-state index contributed by atoms with van der Waals surface area (Å²) in [5, 5.41) is 7.32. The predicted octanol–water partition coefficient (Wildman–Crippen LogP) is 1.36. The van der Waals surface area contributed by atoms with Crippen LogP contribution in [0, 0.1) is 5.92 Å². The van der Waals surface area contributed by atoms with Gasteiger partial charge in [0.2, 0.25) is 5.89 Å². The first-order valence-electron chi connectivity index (χ1n) is 6.40. The summed E-state index contributed by atoms with van der Waals surface area (Å²) in [4.78, 5) is 4.45. The molecule has 1 aromatic rings. The zero-order valence-electron chi connectivity index (χ0n) is 10.6. The Labute approximate surface area is 102 Å². The van der Waals surface area contributed by atoms with Crippen LogP contribution in [0.2, 0.25) is 0 Å². The van der Waals surface area contributed by atoms with E-state index in [1.807, 2.05) is 0 Å². The third-order valence-electron chi connectivity index (χ3n) is 3.10. The van der Waals surface area contributed by atoms with Gasteiger partial charge in [0.15, 0.2) is 5.82 Å². The van der Waals surface area contributed by atoms with Gasteiger partial charge in [-0.3, -0.25) is 0 Å². The van der Waals surface area contributed by atoms with E-state index in [4.69, 9.17) is 9.26 Å². The second-order valence-electron chi connectivity index (χ2n) is 4.69. The summed E-state index contributed by atoms with van der Waals surface area (Å²) < 4.78 is 10.6. The maximum absolute atomic E-state index is 5.34. The van der Waals surface area contributed by atoms with E-state index in [-0.39, 0.29) is 5.92 Å². The monoisotopic (exact) mass is 239 g/mol. The van der Waals surface area contributed by atoms with Gasteiger partial charge in [-0.1, -0.05) is 19.0 Å². The SMILES string of the molecule is CCNCC(C)c1nc(CC2CCOC2)no1. The van der Waals surface area contributed by atoms with E-state index in [1.165, 1.54) is 0 Å². The third kappa shape index (κ3) is 3.51. The average molecular weight is 239 g/mol. The summed E-state index contributed by atoms with van der Waals surface area (Å²) in [6.07, 6.45) is 1.98. The van der Waals surface area contributed by atoms with E-state index in [0.29, 0.717) is 5.92 Å². The first-order chi connectivity index (χ1) is 8.29. The Morgan fingerprint density at radius 3 is 3.12 bits per heavy atom. The normalized spacial score (nSPS) is 21.9. The molecule has 1 aromatic heterocycles. The molecule has 0 bridgehead atoms. The van der Waals surface area contributed by atoms with Gasteiger partial charge in [-0.15, -0.1) is 0 Å². The topological polar surface area (TPSA) is 60.2 Å². The van der Waals surface area contributed by atoms with Gasteiger partial charge in [-0.2, -0.15) is 4.98 Å². The fourth-order valence-electron chi connectivity index (χ4n) is 2.00. The van der Waals surface area contributed by atoms with E-state index < -0.39 is 0 Å². The van der Waals surface area contributed by atoms with Crippen LogP contribution >= 0.6 is 0 Å². The smallest absolute Gasteiger partial charge is 0.230 e. The molecule has 0 aliphatic carbocycles. The molecule has 5 nitrogen and oxygen atoms in total. The van der Waals surface area contributed by atoms with Gasteiger partial charge in [0.05, 0.1) is 0 Å². The van der Waals surface area contributed by atoms with E-state index in [2.05, 4.69) is 29.3 Å². The van der Waals surface area contributed by atoms with Crippen LogP contribution in [-0.2, 0) is 11.2 Å². The minimum atomic E-state index is 0.274. The highest BCUT2D eigenvalue weighted by molar-refractivity contribution is 4.94. The lowest BCUT2D eigenvalue weighted by Gasteiger charge is -2.05. The van der Waals surface area contributed by atoms with Crippen molar-refractivity contribution < 1.29 is 9.26 Å². The molecule has 1 fully saturated rings. The quantitative estimate of drug-likeness (QED) is 0.812. The Hall–Kier alpha value is -0.940. The van der Waals surface area contributed by atoms with Crippen molar-refractivity contribution in [3.05, 3.63) is 11.7 Å². The van der Waals surface area contributed by atoms with E-state index in [9.17, 15) is 0 Å². The van der Waals surface area contributed by atoms with Crippen LogP contribution < -0.4 is 5.32 Å². The molecule has 2 heterocycles. The zero-order valence-corrected chi connectivity index (χ0v) is 10.6. The van der Waals surface area contributed by atoms with Crippen LogP contribution in [0.15, 0.2) is 4.52 Å². The van der Waals surface area contributed by atoms with Crippen LogP contribution in [-0.4, -0.2) is 36.4 Å². The second kappa shape index (κ2) is 6.12. The van der Waals surface area contributed by atoms with Gasteiger partial charge in [-0.25, -0.2) is 0 Å². The summed E-state index contributed by atoms with van der Waals surface area (Å²) in [5.41, 5.74) is 0. The molecule has 1 saturated heterocycles. The number of nitrogens with one attached hydrogen (secondary N) is 1. The van der Waals surface area contributed by atoms with Gasteiger partial charge in [0.1, 0.15) is 0 Å². The number of rotatable bonds is 6. The molecule has 96 valence electrons. The summed E-state index contributed by atoms with van der Waals surface area (Å²) in [7, 11) is 0. The molecule has 5 heteroatoms. The van der Waals surface area contributed by atoms with E-state index in [0.717, 1.165) is 50.9 Å². The molecule has 0 saturated carbocycles. The standard InChI is InChI=1S/C12H21N3O2/c1-3-13-7-9(2)12-14-11(15-17-12)6-10-4-5-16-8-10/h9-10,13H,3-8H2,1-2H3. The Morgan fingerprint density at radius 1 is 1.53 bits per heavy atom. The summed E-state index contributed by atoms with van der Waals surface area (Å²) in [6, 6.07) is 0. The molecule has 1 N–H and O–H groups in total. The first-order valence-corrected chi connectivity index (χ1v) is 6.40. The maximum atomic E-state index is 5.34. The number of likely N-dealkylation sites (N-methyl/N-ethyl adjacent to an activating group) is 1. The number of hydrogen-bond acceptors (Lipinski definition) is 5. The van der Waals surface area contributed by atoms with Gasteiger partial charge >= 0.3 is 0 Å². The van der Waals surface area contributed by atoms with Crippen LogP contribution in [0.4, 0.5) is 0 Å². The molecule has 0 radical (unpaired) electrons. The Bertz CT molecular complexity index is 334. The summed E-state index contributed by atoms with van der Waals surface area (Å²) in [6.45, 7) is 7.73. The maximum Gasteiger partial charge on any atom is 0.230 e. The van der Waals surface area contributed by atoms with Gasteiger partial charge < -0.3 is 14.6 Å². The summed E-state index contributed by atoms with van der Waals surface area (Å²) in [5.74, 6) is 2.39. The van der Waals surface area contributed by atoms with Crippen molar-refractivity contribution in [2.75, 3.05) is 26.3 Å². The van der Waals surface area contributed by atoms with Gasteiger partial charge in [0, 0.05) is 32.1 Å². The molecule has 0 amide bonds. The Morgan fingerprint density at radius 2 is 2.41 bits per heavy atom. The van der Waals surface area contributed by atoms with Crippen LogP contribution in [0.3, 0.4) is 0 Å². The molecular formula is C12H21N3O2. The van der Waals surface area contributed by atoms with E-state index >= 15 is 0 Å². The predicted molar refractivity (Wildman–Crippen MR) is 63.9 cm³/mol. The first kappa shape index (κ1) is 12.5. The highest BCUT2D eigenvalue weighted by Gasteiger charge is 2.20. The van der Waals surface area contributed by atoms with Crippen molar-refractivity contribution in [3.63, 3.8) is 0 Å². The van der Waals surface area contributed by atoms with Crippen molar-refractivity contribution in [2.45, 2.75) is 32.6 Å². The number of nitrogens with zero attached hydrogens (tertiary/aromatic N) is 2. The minimum absolute atomic E-state index is 0.274. The Balaban J connectivity index is 1.86. The van der Waals surface area contributed by atoms with Crippen molar-refractivity contribution in [1.29, 1.82) is 0 Å². The minimum Gasteiger partial charge on any atom is -0.381 e. The molecule has 2 rings (SSSR count). The molecular weight excluding hydrogens is 218 g/mol. The Kier molecular flexibility index (Phi) is 4.50. The van der Waals surface area contributed by atoms with Crippen LogP contribution in [0.25, 0.3) is 0 Å². The molecule has 17 heavy (non-hydrogen) atoms. The van der Waals surface area contributed by atoms with Gasteiger partial charge in [-0.05, 0) is 18.9 Å². The lowest BCUT2D eigenvalue weighted by atomic mass is 10.1. The van der Waals surface area contributed by atoms with Crippen LogP contribution in [0.5, 0.6) is 0 Å². The highest BCUT2D eigenvalue weighted by Crippen LogP contribution is 2.18. The average Bonchev–Trinajstić information content (AvgIpc) is 2.98. The van der Waals surface area contributed by atoms with Crippen molar-refractivity contribution in [3.8, 4) is 0 Å². The van der Waals surface area contributed by atoms with Crippen molar-refractivity contribution in [1.82, 2.24) is 15.5 Å². The molecule has 1 aliphatic rings. The highest BCUT2D eigenvalue weighted by atomic mass is 16.5. The lowest BCUT2D eigenvalue weighted by Crippen LogP contribution is -2.19. The van der Waals surface area contributed by atoms with E-state index in [1.54, 1.807) is 0 Å². The number of hydrogen-bond donors (Lipinski definition) is 1. The lowest BCUT2D eigenvalue weighted by molar-refractivity contribution is 0.185. The van der Waals surface area contributed by atoms with Crippen molar-refractivity contribution in [2.24, 2.45) is 5.92 Å². The number of aromatic nitrogens is 2. The molecule has 1 aliphatic heterocycles. The van der Waals surface area contributed by atoms with Crippen LogP contribution in [0.1, 0.15) is 37.9 Å².